The van der Waals surface area contributed by atoms with Crippen LogP contribution in [0.5, 0.6) is 5.75 Å². The molecule has 5 rings (SSSR count). The molecule has 7 nitrogen and oxygen atoms in total. The molecule has 0 unspecified atom stereocenters. The summed E-state index contributed by atoms with van der Waals surface area (Å²) in [6, 6.07) is 4.95. The van der Waals surface area contributed by atoms with E-state index in [-0.39, 0.29) is 29.5 Å². The highest BCUT2D eigenvalue weighted by Gasteiger charge is 2.30. The van der Waals surface area contributed by atoms with Gasteiger partial charge in [0.05, 0.1) is 35.5 Å². The molecule has 0 spiro atoms. The van der Waals surface area contributed by atoms with Crippen molar-refractivity contribution in [2.24, 2.45) is 13.0 Å². The fourth-order valence-corrected chi connectivity index (χ4v) is 4.45. The lowest BCUT2D eigenvalue weighted by Crippen LogP contribution is -2.08. The van der Waals surface area contributed by atoms with Crippen molar-refractivity contribution in [2.75, 3.05) is 6.61 Å². The number of benzene rings is 1. The number of pyridine rings is 1. The highest BCUT2D eigenvalue weighted by Crippen LogP contribution is 2.39. The first kappa shape index (κ1) is 23.0. The number of hydrogen-bond donors (Lipinski definition) is 1. The lowest BCUT2D eigenvalue weighted by atomic mass is 10.0. The molecule has 0 amide bonds. The molecule has 1 saturated carbocycles. The zero-order chi connectivity index (χ0) is 24.7. The molecule has 1 N–H and O–H groups in total. The molecule has 1 fully saturated rings. The standard InChI is InChI=1S/C27H27FN4O3/c1-4-22(33)18-14-30-21(13-23(34)15-6-7-15)26-17(18)12-20(31-26)25-19(28)10-16(11-24(25)35-5-2)27-29-8-9-32(27)3/h8-12,14-15,31H,4-7,13H2,1-3H3. The van der Waals surface area contributed by atoms with Crippen molar-refractivity contribution in [3.8, 4) is 28.4 Å². The average molecular weight is 475 g/mol. The first-order valence-corrected chi connectivity index (χ1v) is 11.9. The van der Waals surface area contributed by atoms with Crippen molar-refractivity contribution >= 4 is 22.5 Å². The van der Waals surface area contributed by atoms with Crippen LogP contribution in [0.15, 0.2) is 36.8 Å². The molecule has 0 radical (unpaired) electrons. The Morgan fingerprint density at radius 1 is 1.20 bits per heavy atom. The van der Waals surface area contributed by atoms with Crippen LogP contribution in [0.1, 0.15) is 49.2 Å². The van der Waals surface area contributed by atoms with E-state index in [1.54, 1.807) is 31.5 Å². The van der Waals surface area contributed by atoms with Crippen molar-refractivity contribution in [3.63, 3.8) is 0 Å². The van der Waals surface area contributed by atoms with E-state index in [1.807, 2.05) is 18.5 Å². The molecule has 3 heterocycles. The van der Waals surface area contributed by atoms with Gasteiger partial charge in [-0.2, -0.15) is 0 Å². The molecule has 0 bridgehead atoms. The van der Waals surface area contributed by atoms with Crippen molar-refractivity contribution in [2.45, 2.75) is 39.5 Å². The van der Waals surface area contributed by atoms with Gasteiger partial charge in [-0.3, -0.25) is 14.6 Å². The zero-order valence-corrected chi connectivity index (χ0v) is 20.0. The molecule has 0 aliphatic heterocycles. The van der Waals surface area contributed by atoms with Crippen molar-refractivity contribution in [3.05, 3.63) is 53.9 Å². The van der Waals surface area contributed by atoms with E-state index in [9.17, 15) is 9.59 Å². The van der Waals surface area contributed by atoms with Crippen molar-refractivity contribution in [1.29, 1.82) is 0 Å². The third-order valence-corrected chi connectivity index (χ3v) is 6.44. The Bertz CT molecular complexity index is 1450. The summed E-state index contributed by atoms with van der Waals surface area (Å²) < 4.78 is 23.3. The number of aromatic nitrogens is 4. The maximum absolute atomic E-state index is 15.6. The number of ether oxygens (including phenoxy) is 1. The van der Waals surface area contributed by atoms with Gasteiger partial charge in [-0.15, -0.1) is 0 Å². The Morgan fingerprint density at radius 3 is 2.66 bits per heavy atom. The summed E-state index contributed by atoms with van der Waals surface area (Å²) in [4.78, 5) is 37.2. The first-order valence-electron chi connectivity index (χ1n) is 11.9. The van der Waals surface area contributed by atoms with Gasteiger partial charge < -0.3 is 14.3 Å². The minimum absolute atomic E-state index is 0.0660. The number of hydrogen-bond acceptors (Lipinski definition) is 5. The summed E-state index contributed by atoms with van der Waals surface area (Å²) in [6.45, 7) is 3.97. The van der Waals surface area contributed by atoms with Gasteiger partial charge in [0.25, 0.3) is 0 Å². The lowest BCUT2D eigenvalue weighted by molar-refractivity contribution is -0.119. The number of aromatic amines is 1. The van der Waals surface area contributed by atoms with Crippen molar-refractivity contribution in [1.82, 2.24) is 19.5 Å². The first-order chi connectivity index (χ1) is 16.9. The number of carbonyl (C=O) groups excluding carboxylic acids is 2. The Balaban J connectivity index is 1.68. The molecule has 1 aliphatic carbocycles. The average Bonchev–Trinajstić information content (AvgIpc) is 3.46. The number of nitrogens with zero attached hydrogens (tertiary/aromatic N) is 3. The Morgan fingerprint density at radius 2 is 2.00 bits per heavy atom. The van der Waals surface area contributed by atoms with E-state index < -0.39 is 5.82 Å². The van der Waals surface area contributed by atoms with Crippen molar-refractivity contribution < 1.29 is 18.7 Å². The summed E-state index contributed by atoms with van der Waals surface area (Å²) in [5.41, 5.74) is 2.93. The number of fused-ring (bicyclic) bond motifs is 1. The van der Waals surface area contributed by atoms with E-state index >= 15 is 4.39 Å². The van der Waals surface area contributed by atoms with Gasteiger partial charge in [-0.1, -0.05) is 6.92 Å². The topological polar surface area (TPSA) is 89.9 Å². The zero-order valence-electron chi connectivity index (χ0n) is 20.0. The van der Waals surface area contributed by atoms with Crippen LogP contribution >= 0.6 is 0 Å². The minimum atomic E-state index is -0.479. The number of rotatable bonds is 9. The van der Waals surface area contributed by atoms with E-state index in [4.69, 9.17) is 4.74 Å². The highest BCUT2D eigenvalue weighted by atomic mass is 19.1. The van der Waals surface area contributed by atoms with Gasteiger partial charge in [-0.25, -0.2) is 9.37 Å². The summed E-state index contributed by atoms with van der Waals surface area (Å²) in [7, 11) is 1.84. The van der Waals surface area contributed by atoms with Gasteiger partial charge in [0.1, 0.15) is 23.2 Å². The molecule has 8 heteroatoms. The fourth-order valence-electron chi connectivity index (χ4n) is 4.45. The lowest BCUT2D eigenvalue weighted by Gasteiger charge is -2.13. The van der Waals surface area contributed by atoms with E-state index in [2.05, 4.69) is 15.0 Å². The second-order valence-electron chi connectivity index (χ2n) is 8.91. The van der Waals surface area contributed by atoms with Crippen LogP contribution < -0.4 is 4.74 Å². The molecule has 1 aromatic carbocycles. The number of halogens is 1. The van der Waals surface area contributed by atoms with Crippen LogP contribution in [0, 0.1) is 11.7 Å². The van der Waals surface area contributed by atoms with Gasteiger partial charge in [0.2, 0.25) is 0 Å². The third kappa shape index (κ3) is 4.24. The molecule has 1 aliphatic rings. The second kappa shape index (κ2) is 9.09. The number of imidazole rings is 1. The number of aryl methyl sites for hydroxylation is 1. The normalized spacial score (nSPS) is 13.4. The Hall–Kier alpha value is -3.81. The molecule has 180 valence electrons. The quantitative estimate of drug-likeness (QED) is 0.333. The van der Waals surface area contributed by atoms with Crippen LogP contribution in [0.3, 0.4) is 0 Å². The second-order valence-corrected chi connectivity index (χ2v) is 8.91. The Labute approximate surface area is 202 Å². The summed E-state index contributed by atoms with van der Waals surface area (Å²) in [5, 5.41) is 0.635. The summed E-state index contributed by atoms with van der Waals surface area (Å²) in [5.74, 6) is 0.679. The predicted octanol–water partition coefficient (Wildman–Crippen LogP) is 5.28. The maximum Gasteiger partial charge on any atom is 0.164 e. The molecule has 3 aromatic heterocycles. The van der Waals surface area contributed by atoms with Crippen LogP contribution in [-0.2, 0) is 18.3 Å². The summed E-state index contributed by atoms with van der Waals surface area (Å²) in [6.07, 6.45) is 7.30. The van der Waals surface area contributed by atoms with Crippen LogP contribution in [0.2, 0.25) is 0 Å². The van der Waals surface area contributed by atoms with E-state index in [0.29, 0.717) is 58.0 Å². The number of Topliss-reactive ketones (excluding diaryl/α,β-unsaturated/α-hetero) is 2. The molecular weight excluding hydrogens is 447 g/mol. The van der Waals surface area contributed by atoms with E-state index in [0.717, 1.165) is 12.8 Å². The van der Waals surface area contributed by atoms with Gasteiger partial charge in [0, 0.05) is 54.5 Å². The summed E-state index contributed by atoms with van der Waals surface area (Å²) >= 11 is 0. The Kier molecular flexibility index (Phi) is 5.96. The fraction of sp³-hybridized carbons (Fsp3) is 0.333. The maximum atomic E-state index is 15.6. The van der Waals surface area contributed by atoms with Gasteiger partial charge >= 0.3 is 0 Å². The minimum Gasteiger partial charge on any atom is -0.493 e. The number of H-pyrrole nitrogens is 1. The molecule has 4 aromatic rings. The van der Waals surface area contributed by atoms with Crippen LogP contribution in [0.25, 0.3) is 33.5 Å². The number of carbonyl (C=O) groups is 2. The highest BCUT2D eigenvalue weighted by molar-refractivity contribution is 6.09. The largest absolute Gasteiger partial charge is 0.493 e. The number of ketones is 2. The smallest absolute Gasteiger partial charge is 0.164 e. The van der Waals surface area contributed by atoms with Gasteiger partial charge in [0.15, 0.2) is 5.78 Å². The molecule has 0 saturated heterocycles. The van der Waals surface area contributed by atoms with Crippen LogP contribution in [-0.4, -0.2) is 37.7 Å². The molecular formula is C27H27FN4O3. The molecule has 35 heavy (non-hydrogen) atoms. The third-order valence-electron chi connectivity index (χ3n) is 6.44. The molecule has 0 atom stereocenters. The SMILES string of the molecule is CCOc1cc(-c2nccn2C)cc(F)c1-c1cc2c(C(=O)CC)cnc(CC(=O)C3CC3)c2[nH]1. The monoisotopic (exact) mass is 474 g/mol. The van der Waals surface area contributed by atoms with Crippen LogP contribution in [0.4, 0.5) is 4.39 Å². The predicted molar refractivity (Wildman–Crippen MR) is 131 cm³/mol. The number of nitrogens with one attached hydrogen (secondary N) is 1. The van der Waals surface area contributed by atoms with E-state index in [1.165, 1.54) is 12.3 Å². The van der Waals surface area contributed by atoms with Gasteiger partial charge in [-0.05, 0) is 38.0 Å².